The van der Waals surface area contributed by atoms with Crippen molar-refractivity contribution < 1.29 is 9.59 Å². The van der Waals surface area contributed by atoms with E-state index in [2.05, 4.69) is 10.6 Å². The van der Waals surface area contributed by atoms with Crippen LogP contribution in [0.3, 0.4) is 0 Å². The zero-order chi connectivity index (χ0) is 13.8. The topological polar surface area (TPSA) is 61.4 Å². The molecule has 5 heteroatoms. The number of nitrogens with one attached hydrogen (secondary N) is 2. The van der Waals surface area contributed by atoms with Gasteiger partial charge in [0.15, 0.2) is 0 Å². The minimum absolute atomic E-state index is 0.00433. The first-order valence-electron chi connectivity index (χ1n) is 7.40. The first-order valence-corrected chi connectivity index (χ1v) is 7.40. The molecule has 2 amide bonds. The SMILES string of the molecule is CC(C)C(=O)N1CCC(NC(=O)[C@H]2CCCN2)CC1. The van der Waals surface area contributed by atoms with Crippen molar-refractivity contribution in [1.82, 2.24) is 15.5 Å². The van der Waals surface area contributed by atoms with Gasteiger partial charge in [-0.15, -0.1) is 0 Å². The van der Waals surface area contributed by atoms with Gasteiger partial charge in [0.05, 0.1) is 6.04 Å². The van der Waals surface area contributed by atoms with Crippen molar-refractivity contribution in [1.29, 1.82) is 0 Å². The summed E-state index contributed by atoms with van der Waals surface area (Å²) in [7, 11) is 0. The highest BCUT2D eigenvalue weighted by Crippen LogP contribution is 2.14. The number of amides is 2. The summed E-state index contributed by atoms with van der Waals surface area (Å²) in [6, 6.07) is 0.224. The van der Waals surface area contributed by atoms with Crippen LogP contribution >= 0.6 is 0 Å². The maximum atomic E-state index is 12.0. The molecule has 2 N–H and O–H groups in total. The average Bonchev–Trinajstić information content (AvgIpc) is 2.92. The van der Waals surface area contributed by atoms with Crippen molar-refractivity contribution in [3.63, 3.8) is 0 Å². The summed E-state index contributed by atoms with van der Waals surface area (Å²) in [5.41, 5.74) is 0. The van der Waals surface area contributed by atoms with Gasteiger partial charge in [-0.2, -0.15) is 0 Å². The van der Waals surface area contributed by atoms with E-state index < -0.39 is 0 Å². The van der Waals surface area contributed by atoms with Gasteiger partial charge >= 0.3 is 0 Å². The first kappa shape index (κ1) is 14.3. The molecular weight excluding hydrogens is 242 g/mol. The third kappa shape index (κ3) is 3.69. The maximum Gasteiger partial charge on any atom is 0.237 e. The van der Waals surface area contributed by atoms with Crippen molar-refractivity contribution in [3.05, 3.63) is 0 Å². The highest BCUT2D eigenvalue weighted by atomic mass is 16.2. The Morgan fingerprint density at radius 3 is 2.42 bits per heavy atom. The Hall–Kier alpha value is -1.10. The molecule has 2 rings (SSSR count). The third-order valence-corrected chi connectivity index (χ3v) is 4.02. The molecule has 0 aliphatic carbocycles. The van der Waals surface area contributed by atoms with Gasteiger partial charge in [0.2, 0.25) is 11.8 Å². The van der Waals surface area contributed by atoms with Crippen LogP contribution in [0.2, 0.25) is 0 Å². The number of likely N-dealkylation sites (tertiary alicyclic amines) is 1. The van der Waals surface area contributed by atoms with Crippen LogP contribution in [0.15, 0.2) is 0 Å². The fraction of sp³-hybridized carbons (Fsp3) is 0.857. The molecule has 2 aliphatic rings. The molecule has 0 aromatic carbocycles. The summed E-state index contributed by atoms with van der Waals surface area (Å²) in [4.78, 5) is 25.8. The summed E-state index contributed by atoms with van der Waals surface area (Å²) in [6.07, 6.45) is 3.77. The van der Waals surface area contributed by atoms with Crippen LogP contribution in [0.1, 0.15) is 39.5 Å². The van der Waals surface area contributed by atoms with Crippen LogP contribution in [-0.2, 0) is 9.59 Å². The predicted octanol–water partition coefficient (Wildman–Crippen LogP) is 0.502. The van der Waals surface area contributed by atoms with Crippen molar-refractivity contribution in [3.8, 4) is 0 Å². The van der Waals surface area contributed by atoms with Gasteiger partial charge in [-0.25, -0.2) is 0 Å². The van der Waals surface area contributed by atoms with E-state index in [1.54, 1.807) is 0 Å². The van der Waals surface area contributed by atoms with Gasteiger partial charge in [-0.3, -0.25) is 9.59 Å². The quantitative estimate of drug-likeness (QED) is 0.783. The Morgan fingerprint density at radius 2 is 1.89 bits per heavy atom. The van der Waals surface area contributed by atoms with E-state index in [0.29, 0.717) is 0 Å². The molecule has 2 heterocycles. The monoisotopic (exact) mass is 267 g/mol. The molecule has 0 radical (unpaired) electrons. The van der Waals surface area contributed by atoms with E-state index in [1.807, 2.05) is 18.7 Å². The third-order valence-electron chi connectivity index (χ3n) is 4.02. The van der Waals surface area contributed by atoms with Crippen molar-refractivity contribution in [2.24, 2.45) is 5.92 Å². The fourth-order valence-electron chi connectivity index (χ4n) is 2.82. The zero-order valence-electron chi connectivity index (χ0n) is 11.9. The number of carbonyl (C=O) groups is 2. The van der Waals surface area contributed by atoms with Crippen molar-refractivity contribution >= 4 is 11.8 Å². The van der Waals surface area contributed by atoms with Crippen LogP contribution in [0.4, 0.5) is 0 Å². The maximum absolute atomic E-state index is 12.0. The second-order valence-electron chi connectivity index (χ2n) is 5.91. The van der Waals surface area contributed by atoms with Gasteiger partial charge in [-0.05, 0) is 32.2 Å². The number of hydrogen-bond acceptors (Lipinski definition) is 3. The standard InChI is InChI=1S/C14H25N3O2/c1-10(2)14(19)17-8-5-11(6-9-17)16-13(18)12-4-3-7-15-12/h10-12,15H,3-9H2,1-2H3,(H,16,18)/t12-/m1/s1. The smallest absolute Gasteiger partial charge is 0.237 e. The lowest BCUT2D eigenvalue weighted by Crippen LogP contribution is -2.50. The molecule has 0 unspecified atom stereocenters. The summed E-state index contributed by atoms with van der Waals surface area (Å²) in [6.45, 7) is 6.34. The summed E-state index contributed by atoms with van der Waals surface area (Å²) in [5.74, 6) is 0.419. The number of rotatable bonds is 3. The van der Waals surface area contributed by atoms with E-state index in [-0.39, 0.29) is 29.8 Å². The fourth-order valence-corrected chi connectivity index (χ4v) is 2.82. The van der Waals surface area contributed by atoms with Gasteiger partial charge in [0.1, 0.15) is 0 Å². The van der Waals surface area contributed by atoms with Crippen LogP contribution in [0.5, 0.6) is 0 Å². The molecular formula is C14H25N3O2. The molecule has 2 fully saturated rings. The van der Waals surface area contributed by atoms with Crippen LogP contribution < -0.4 is 10.6 Å². The largest absolute Gasteiger partial charge is 0.352 e. The van der Waals surface area contributed by atoms with E-state index in [0.717, 1.165) is 45.3 Å². The second kappa shape index (κ2) is 6.37. The second-order valence-corrected chi connectivity index (χ2v) is 5.91. The molecule has 0 aromatic heterocycles. The Balaban J connectivity index is 1.74. The number of piperidine rings is 1. The zero-order valence-corrected chi connectivity index (χ0v) is 11.9. The molecule has 2 saturated heterocycles. The number of hydrogen-bond donors (Lipinski definition) is 2. The molecule has 2 aliphatic heterocycles. The lowest BCUT2D eigenvalue weighted by Gasteiger charge is -2.33. The predicted molar refractivity (Wildman–Crippen MR) is 73.6 cm³/mol. The van der Waals surface area contributed by atoms with Crippen LogP contribution in [-0.4, -0.2) is 48.4 Å². The number of carbonyl (C=O) groups excluding carboxylic acids is 2. The molecule has 1 atom stereocenters. The van der Waals surface area contributed by atoms with Gasteiger partial charge in [0, 0.05) is 25.0 Å². The Bertz CT molecular complexity index is 330. The highest BCUT2D eigenvalue weighted by molar-refractivity contribution is 5.82. The normalized spacial score (nSPS) is 24.8. The van der Waals surface area contributed by atoms with E-state index in [4.69, 9.17) is 0 Å². The Kier molecular flexibility index (Phi) is 4.80. The minimum atomic E-state index is -0.00433. The minimum Gasteiger partial charge on any atom is -0.352 e. The van der Waals surface area contributed by atoms with Gasteiger partial charge in [0.25, 0.3) is 0 Å². The van der Waals surface area contributed by atoms with E-state index in [9.17, 15) is 9.59 Å². The Morgan fingerprint density at radius 1 is 1.21 bits per heavy atom. The van der Waals surface area contributed by atoms with Gasteiger partial charge in [-0.1, -0.05) is 13.8 Å². The van der Waals surface area contributed by atoms with E-state index in [1.165, 1.54) is 0 Å². The lowest BCUT2D eigenvalue weighted by molar-refractivity contribution is -0.135. The van der Waals surface area contributed by atoms with Gasteiger partial charge < -0.3 is 15.5 Å². The van der Waals surface area contributed by atoms with Crippen LogP contribution in [0.25, 0.3) is 0 Å². The highest BCUT2D eigenvalue weighted by Gasteiger charge is 2.28. The Labute approximate surface area is 115 Å². The summed E-state index contributed by atoms with van der Waals surface area (Å²) >= 11 is 0. The molecule has 19 heavy (non-hydrogen) atoms. The van der Waals surface area contributed by atoms with E-state index >= 15 is 0 Å². The molecule has 108 valence electrons. The molecule has 0 aromatic rings. The summed E-state index contributed by atoms with van der Waals surface area (Å²) < 4.78 is 0. The average molecular weight is 267 g/mol. The molecule has 0 saturated carbocycles. The molecule has 5 nitrogen and oxygen atoms in total. The molecule has 0 spiro atoms. The lowest BCUT2D eigenvalue weighted by atomic mass is 10.0. The van der Waals surface area contributed by atoms with Crippen LogP contribution in [0, 0.1) is 5.92 Å². The molecule has 0 bridgehead atoms. The summed E-state index contributed by atoms with van der Waals surface area (Å²) in [5, 5.41) is 6.32. The number of nitrogens with zero attached hydrogens (tertiary/aromatic N) is 1. The van der Waals surface area contributed by atoms with Crippen molar-refractivity contribution in [2.45, 2.75) is 51.6 Å². The van der Waals surface area contributed by atoms with Crippen molar-refractivity contribution in [2.75, 3.05) is 19.6 Å². The first-order chi connectivity index (χ1) is 9.08.